The highest BCUT2D eigenvalue weighted by Gasteiger charge is 2.42. The van der Waals surface area contributed by atoms with Crippen molar-refractivity contribution in [1.82, 2.24) is 0 Å². The molecule has 0 aromatic heterocycles. The van der Waals surface area contributed by atoms with E-state index in [4.69, 9.17) is 10.2 Å². The van der Waals surface area contributed by atoms with Gasteiger partial charge in [-0.25, -0.2) is 8.42 Å². The first-order valence-electron chi connectivity index (χ1n) is 13.1. The summed E-state index contributed by atoms with van der Waals surface area (Å²) in [6, 6.07) is 7.89. The van der Waals surface area contributed by atoms with Gasteiger partial charge in [0, 0.05) is 11.4 Å². The van der Waals surface area contributed by atoms with Crippen molar-refractivity contribution in [2.45, 2.75) is 69.4 Å². The van der Waals surface area contributed by atoms with Crippen LogP contribution in [0.2, 0.25) is 0 Å². The fraction of sp³-hybridized carbons (Fsp3) is 0.500. The Labute approximate surface area is 268 Å². The van der Waals surface area contributed by atoms with Gasteiger partial charge in [-0.3, -0.25) is 9.11 Å². The number of nitrogens with one attached hydrogen (secondary N) is 2. The van der Waals surface area contributed by atoms with Crippen LogP contribution in [0.15, 0.2) is 58.3 Å². The van der Waals surface area contributed by atoms with E-state index in [1.54, 1.807) is 0 Å². The van der Waals surface area contributed by atoms with Crippen molar-refractivity contribution >= 4 is 41.4 Å². The van der Waals surface area contributed by atoms with Gasteiger partial charge in [0.15, 0.2) is 10.7 Å². The molecule has 10 atom stereocenters. The van der Waals surface area contributed by atoms with Gasteiger partial charge in [0.25, 0.3) is 20.2 Å². The predicted octanol–water partition coefficient (Wildman–Crippen LogP) is -5.36. The highest BCUT2D eigenvalue weighted by Crippen LogP contribution is 2.26. The van der Waals surface area contributed by atoms with Gasteiger partial charge >= 0.3 is 0 Å². The Balaban J connectivity index is 2.28. The van der Waals surface area contributed by atoms with Crippen molar-refractivity contribution < 1.29 is 85.4 Å². The molecule has 0 aliphatic carbocycles. The maximum atomic E-state index is 13.1. The fourth-order valence-electron chi connectivity index (χ4n) is 4.03. The maximum absolute atomic E-state index is 13.1. The van der Waals surface area contributed by atoms with Crippen LogP contribution in [0.5, 0.6) is 0 Å². The van der Waals surface area contributed by atoms with Gasteiger partial charge in [-0.1, -0.05) is 0 Å². The van der Waals surface area contributed by atoms with Crippen LogP contribution in [0.4, 0.5) is 11.4 Å². The number of aliphatic hydroxyl groups excluding tert-OH is 10. The van der Waals surface area contributed by atoms with Crippen molar-refractivity contribution in [1.29, 1.82) is 0 Å². The molecule has 0 saturated heterocycles. The molecule has 0 amide bonds. The number of benzene rings is 2. The zero-order valence-electron chi connectivity index (χ0n) is 23.8. The van der Waals surface area contributed by atoms with Gasteiger partial charge in [-0.05, 0) is 48.5 Å². The maximum Gasteiger partial charge on any atom is 0.288 e. The third kappa shape index (κ3) is 10.2. The third-order valence-electron chi connectivity index (χ3n) is 6.77. The number of anilines is 2. The smallest absolute Gasteiger partial charge is 0.288 e. The van der Waals surface area contributed by atoms with E-state index in [1.165, 1.54) is 0 Å². The van der Waals surface area contributed by atoms with E-state index in [2.05, 4.69) is 10.6 Å². The van der Waals surface area contributed by atoms with Gasteiger partial charge in [0.05, 0.1) is 23.0 Å². The van der Waals surface area contributed by atoms with Gasteiger partial charge < -0.3 is 61.7 Å². The number of hydrogen-bond donors (Lipinski definition) is 14. The lowest BCUT2D eigenvalue weighted by atomic mass is 10.0. The van der Waals surface area contributed by atoms with Crippen LogP contribution in [-0.4, -0.2) is 158 Å². The van der Waals surface area contributed by atoms with Crippen LogP contribution in [0.25, 0.3) is 0 Å². The molecule has 0 spiro atoms. The third-order valence-corrected chi connectivity index (χ3v) is 10.6. The minimum Gasteiger partial charge on any atom is -0.394 e. The van der Waals surface area contributed by atoms with Crippen LogP contribution in [0.1, 0.15) is 0 Å². The molecular formula is C24H36N2O18S3. The van der Waals surface area contributed by atoms with E-state index in [0.717, 1.165) is 48.5 Å². The summed E-state index contributed by atoms with van der Waals surface area (Å²) in [5.41, 5.74) is -0.439. The summed E-state index contributed by atoms with van der Waals surface area (Å²) in [5.74, 6) is 0. The Morgan fingerprint density at radius 1 is 0.468 bits per heavy atom. The predicted molar refractivity (Wildman–Crippen MR) is 158 cm³/mol. The van der Waals surface area contributed by atoms with E-state index < -0.39 is 103 Å². The van der Waals surface area contributed by atoms with E-state index in [-0.39, 0.29) is 21.2 Å². The van der Waals surface area contributed by atoms with Crippen molar-refractivity contribution in [2.24, 2.45) is 0 Å². The Hall–Kier alpha value is -2.59. The number of rotatable bonds is 18. The number of sulfone groups is 1. The standard InChI is InChI=1S/C24H36N2O18S3/c27-9-15(29)17(31)19(33)21(35)23(46(39,40)41)25-11-1-5-13(6-2-11)45(37,38)14-7-3-12(4-8-14)26-24(47(42,43)44)22(36)20(34)18(32)16(30)10-28/h1-8,15-36H,9-10H2,(H,39,40,41)(H,42,43,44)/t15-,16-,17-,18-,19+,20+,21-,22-,23-,24+/m1/s1. The van der Waals surface area contributed by atoms with Crippen molar-refractivity contribution in [3.63, 3.8) is 0 Å². The minimum atomic E-state index is -5.21. The Morgan fingerprint density at radius 2 is 0.745 bits per heavy atom. The summed E-state index contributed by atoms with van der Waals surface area (Å²) in [5, 5.41) is 96.3. The summed E-state index contributed by atoms with van der Waals surface area (Å²) in [6.45, 7) is -2.13. The molecule has 0 fully saturated rings. The summed E-state index contributed by atoms with van der Waals surface area (Å²) in [7, 11) is -14.8. The lowest BCUT2D eigenvalue weighted by molar-refractivity contribution is -0.114. The molecule has 20 nitrogen and oxygen atoms in total. The molecule has 47 heavy (non-hydrogen) atoms. The van der Waals surface area contributed by atoms with Gasteiger partial charge in [-0.15, -0.1) is 0 Å². The topological polar surface area (TPSA) is 369 Å². The first-order chi connectivity index (χ1) is 21.6. The Bertz CT molecular complexity index is 1510. The normalized spacial score (nSPS) is 19.3. The first kappa shape index (κ1) is 40.6. The van der Waals surface area contributed by atoms with Crippen molar-refractivity contribution in [2.75, 3.05) is 23.8 Å². The summed E-state index contributed by atoms with van der Waals surface area (Å²) in [4.78, 5) is -0.778. The van der Waals surface area contributed by atoms with Gasteiger partial charge in [-0.2, -0.15) is 16.8 Å². The first-order valence-corrected chi connectivity index (χ1v) is 17.6. The molecule has 23 heteroatoms. The van der Waals surface area contributed by atoms with Crippen LogP contribution in [0, 0.1) is 0 Å². The largest absolute Gasteiger partial charge is 0.394 e. The molecular weight excluding hydrogens is 700 g/mol. The molecule has 0 aliphatic heterocycles. The Morgan fingerprint density at radius 3 is 0.979 bits per heavy atom. The Kier molecular flexibility index (Phi) is 14.0. The van der Waals surface area contributed by atoms with Crippen LogP contribution >= 0.6 is 0 Å². The van der Waals surface area contributed by atoms with Crippen LogP contribution in [-0.2, 0) is 30.1 Å². The second-order valence-corrected chi connectivity index (χ2v) is 15.2. The number of aliphatic hydroxyl groups is 10. The molecule has 2 rings (SSSR count). The SMILES string of the molecule is O=S(=O)(c1ccc(N[C@H]([C@H](O)[C@@H](O)[C@H](O)[C@H](O)CO)S(=O)(=O)O)cc1)c1ccc(N[C@@H]([C@H](O)[C@@H](O)[C@H](O)[C@H](O)CO)S(=O)(=O)O)cc1. The second-order valence-electron chi connectivity index (χ2n) is 10.2. The highest BCUT2D eigenvalue weighted by atomic mass is 32.2. The van der Waals surface area contributed by atoms with Crippen LogP contribution < -0.4 is 10.6 Å². The molecule has 0 bridgehead atoms. The molecule has 0 saturated carbocycles. The number of hydrogen-bond acceptors (Lipinski definition) is 18. The lowest BCUT2D eigenvalue weighted by Crippen LogP contribution is -2.54. The summed E-state index contributed by atoms with van der Waals surface area (Å²) in [6.07, 6.45) is -18.1. The molecule has 2 aromatic rings. The zero-order chi connectivity index (χ0) is 36.1. The van der Waals surface area contributed by atoms with E-state index in [1.807, 2.05) is 0 Å². The molecule has 0 radical (unpaired) electrons. The molecule has 0 unspecified atom stereocenters. The summed E-state index contributed by atoms with van der Waals surface area (Å²) < 4.78 is 92.9. The second kappa shape index (κ2) is 16.2. The van der Waals surface area contributed by atoms with E-state index in [0.29, 0.717) is 0 Å². The molecule has 2 aromatic carbocycles. The molecule has 268 valence electrons. The molecule has 0 heterocycles. The van der Waals surface area contributed by atoms with Gasteiger partial charge in [0.2, 0.25) is 9.84 Å². The van der Waals surface area contributed by atoms with Crippen molar-refractivity contribution in [3.05, 3.63) is 48.5 Å². The fourth-order valence-corrected chi connectivity index (χ4v) is 6.89. The van der Waals surface area contributed by atoms with E-state index >= 15 is 0 Å². The van der Waals surface area contributed by atoms with Crippen molar-refractivity contribution in [3.8, 4) is 0 Å². The molecule has 0 aliphatic rings. The van der Waals surface area contributed by atoms with E-state index in [9.17, 15) is 75.2 Å². The van der Waals surface area contributed by atoms with Gasteiger partial charge in [0.1, 0.15) is 48.8 Å². The zero-order valence-corrected chi connectivity index (χ0v) is 26.3. The quantitative estimate of drug-likeness (QED) is 0.0635. The summed E-state index contributed by atoms with van der Waals surface area (Å²) >= 11 is 0. The average molecular weight is 737 g/mol. The highest BCUT2D eigenvalue weighted by molar-refractivity contribution is 7.91. The monoisotopic (exact) mass is 736 g/mol. The minimum absolute atomic E-state index is 0.219. The lowest BCUT2D eigenvalue weighted by Gasteiger charge is -2.30. The van der Waals surface area contributed by atoms with Crippen LogP contribution in [0.3, 0.4) is 0 Å². The molecule has 14 N–H and O–H groups in total. The average Bonchev–Trinajstić information content (AvgIpc) is 3.02.